The molecule has 24 heavy (non-hydrogen) atoms. The van der Waals surface area contributed by atoms with Crippen LogP contribution in [0.15, 0.2) is 28.9 Å². The van der Waals surface area contributed by atoms with E-state index in [1.807, 2.05) is 0 Å². The molecule has 2 aromatic rings. The Labute approximate surface area is 139 Å². The Balaban J connectivity index is 1.75. The molecule has 1 fully saturated rings. The highest BCUT2D eigenvalue weighted by Gasteiger charge is 2.30. The summed E-state index contributed by atoms with van der Waals surface area (Å²) in [6.07, 6.45) is 4.47. The van der Waals surface area contributed by atoms with E-state index >= 15 is 0 Å². The molecule has 1 atom stereocenters. The lowest BCUT2D eigenvalue weighted by molar-refractivity contribution is 0.0697. The first-order chi connectivity index (χ1) is 11.6. The van der Waals surface area contributed by atoms with E-state index in [1.54, 1.807) is 41.2 Å². The number of methoxy groups -OCH3 is 1. The van der Waals surface area contributed by atoms with Gasteiger partial charge in [0.05, 0.1) is 13.2 Å². The number of nitriles is 1. The molecule has 2 aromatic heterocycles. The second-order valence-electron chi connectivity index (χ2n) is 5.57. The molecular formula is C16H17N5O3. The Bertz CT molecular complexity index is 782. The third-order valence-electron chi connectivity index (χ3n) is 4.13. The molecule has 8 heteroatoms. The van der Waals surface area contributed by atoms with Crippen LogP contribution in [0.1, 0.15) is 17.0 Å². The normalized spacial score (nSPS) is 16.7. The third-order valence-corrected chi connectivity index (χ3v) is 4.13. The van der Waals surface area contributed by atoms with Gasteiger partial charge in [-0.3, -0.25) is 4.79 Å². The van der Waals surface area contributed by atoms with Crippen molar-refractivity contribution in [2.75, 3.05) is 27.2 Å². The van der Waals surface area contributed by atoms with E-state index in [9.17, 15) is 4.79 Å². The van der Waals surface area contributed by atoms with Gasteiger partial charge in [0.1, 0.15) is 5.69 Å². The Hall–Kier alpha value is -3.08. The van der Waals surface area contributed by atoms with Crippen LogP contribution in [0.25, 0.3) is 11.3 Å². The summed E-state index contributed by atoms with van der Waals surface area (Å²) in [6.45, 7) is 1.21. The average molecular weight is 327 g/mol. The molecule has 0 radical (unpaired) electrons. The van der Waals surface area contributed by atoms with Crippen molar-refractivity contribution < 1.29 is 14.1 Å². The first-order valence-electron chi connectivity index (χ1n) is 7.51. The van der Waals surface area contributed by atoms with Crippen LogP contribution < -0.4 is 4.74 Å². The van der Waals surface area contributed by atoms with Crippen molar-refractivity contribution >= 4 is 5.91 Å². The van der Waals surface area contributed by atoms with Gasteiger partial charge in [-0.05, 0) is 12.5 Å². The minimum absolute atomic E-state index is 0.00767. The zero-order chi connectivity index (χ0) is 17.1. The van der Waals surface area contributed by atoms with Crippen LogP contribution in [0.3, 0.4) is 0 Å². The van der Waals surface area contributed by atoms with Gasteiger partial charge in [-0.25, -0.2) is 4.98 Å². The standard InChI is InChI=1S/C16H17N5O3/c1-20(12-4-6-21(9-12)10-17)16(22)14-8-13(19-24-14)11-3-5-18-15(7-11)23-2/h3,5,7-8,12H,4,6,9H2,1-2H3. The number of likely N-dealkylation sites (tertiary alicyclic amines) is 1. The van der Waals surface area contributed by atoms with Crippen molar-refractivity contribution in [3.63, 3.8) is 0 Å². The highest BCUT2D eigenvalue weighted by atomic mass is 16.5. The van der Waals surface area contributed by atoms with Crippen molar-refractivity contribution in [1.29, 1.82) is 5.26 Å². The van der Waals surface area contributed by atoms with E-state index in [4.69, 9.17) is 14.5 Å². The molecule has 1 amide bonds. The summed E-state index contributed by atoms with van der Waals surface area (Å²) >= 11 is 0. The van der Waals surface area contributed by atoms with E-state index in [0.717, 1.165) is 12.0 Å². The van der Waals surface area contributed by atoms with Gasteiger partial charge in [0, 0.05) is 44.0 Å². The van der Waals surface area contributed by atoms with Crippen molar-refractivity contribution in [3.8, 4) is 23.3 Å². The minimum Gasteiger partial charge on any atom is -0.481 e. The van der Waals surface area contributed by atoms with Gasteiger partial charge < -0.3 is 19.1 Å². The predicted octanol–water partition coefficient (Wildman–Crippen LogP) is 1.37. The summed E-state index contributed by atoms with van der Waals surface area (Å²) in [7, 11) is 3.25. The molecule has 3 heterocycles. The number of ether oxygens (including phenoxy) is 1. The number of rotatable bonds is 4. The number of carbonyl (C=O) groups is 1. The lowest BCUT2D eigenvalue weighted by atomic mass is 10.1. The molecule has 0 aliphatic carbocycles. The fourth-order valence-electron chi connectivity index (χ4n) is 2.68. The molecule has 1 aliphatic heterocycles. The van der Waals surface area contributed by atoms with E-state index in [0.29, 0.717) is 24.7 Å². The van der Waals surface area contributed by atoms with Crippen LogP contribution in [-0.2, 0) is 0 Å². The smallest absolute Gasteiger partial charge is 0.292 e. The quantitative estimate of drug-likeness (QED) is 0.783. The van der Waals surface area contributed by atoms with Crippen molar-refractivity contribution in [3.05, 3.63) is 30.2 Å². The summed E-state index contributed by atoms with van der Waals surface area (Å²) in [5, 5.41) is 12.9. The second kappa shape index (κ2) is 6.58. The van der Waals surface area contributed by atoms with E-state index < -0.39 is 0 Å². The van der Waals surface area contributed by atoms with Gasteiger partial charge in [0.2, 0.25) is 11.6 Å². The molecule has 3 rings (SSSR count). The molecule has 0 bridgehead atoms. The molecule has 0 saturated carbocycles. The van der Waals surface area contributed by atoms with E-state index in [-0.39, 0.29) is 17.7 Å². The number of pyridine rings is 1. The number of aromatic nitrogens is 2. The highest BCUT2D eigenvalue weighted by molar-refractivity contribution is 5.92. The van der Waals surface area contributed by atoms with E-state index in [1.165, 1.54) is 7.11 Å². The summed E-state index contributed by atoms with van der Waals surface area (Å²) in [5.41, 5.74) is 1.29. The number of nitrogens with zero attached hydrogens (tertiary/aromatic N) is 5. The Morgan fingerprint density at radius 3 is 3.08 bits per heavy atom. The van der Waals surface area contributed by atoms with Crippen LogP contribution >= 0.6 is 0 Å². The number of hydrogen-bond acceptors (Lipinski definition) is 7. The monoisotopic (exact) mass is 327 g/mol. The summed E-state index contributed by atoms with van der Waals surface area (Å²) in [5.74, 6) is 0.376. The molecular weight excluding hydrogens is 310 g/mol. The highest BCUT2D eigenvalue weighted by Crippen LogP contribution is 2.23. The lowest BCUT2D eigenvalue weighted by Gasteiger charge is -2.22. The van der Waals surface area contributed by atoms with Gasteiger partial charge in [0.25, 0.3) is 5.91 Å². The zero-order valence-electron chi connectivity index (χ0n) is 13.5. The number of hydrogen-bond donors (Lipinski definition) is 0. The molecule has 0 spiro atoms. The van der Waals surface area contributed by atoms with E-state index in [2.05, 4.69) is 16.3 Å². The SMILES string of the molecule is COc1cc(-c2cc(C(=O)N(C)C3CCN(C#N)C3)on2)ccn1. The van der Waals surface area contributed by atoms with Crippen LogP contribution in [-0.4, -0.2) is 59.1 Å². The molecule has 8 nitrogen and oxygen atoms in total. The molecule has 1 saturated heterocycles. The Morgan fingerprint density at radius 1 is 1.54 bits per heavy atom. The first kappa shape index (κ1) is 15.8. The molecule has 0 aromatic carbocycles. The minimum atomic E-state index is -0.250. The zero-order valence-corrected chi connectivity index (χ0v) is 13.5. The Morgan fingerprint density at radius 2 is 2.38 bits per heavy atom. The number of likely N-dealkylation sites (N-methyl/N-ethyl adjacent to an activating group) is 1. The topological polar surface area (TPSA) is 95.5 Å². The molecule has 0 N–H and O–H groups in total. The summed E-state index contributed by atoms with van der Waals surface area (Å²) < 4.78 is 10.3. The number of carbonyl (C=O) groups excluding carboxylic acids is 1. The van der Waals surface area contributed by atoms with Crippen LogP contribution in [0.2, 0.25) is 0 Å². The predicted molar refractivity (Wildman–Crippen MR) is 84.0 cm³/mol. The molecule has 1 unspecified atom stereocenters. The maximum Gasteiger partial charge on any atom is 0.292 e. The van der Waals surface area contributed by atoms with Crippen LogP contribution in [0.5, 0.6) is 5.88 Å². The second-order valence-corrected chi connectivity index (χ2v) is 5.57. The van der Waals surface area contributed by atoms with Gasteiger partial charge in [-0.1, -0.05) is 5.16 Å². The van der Waals surface area contributed by atoms with Crippen LogP contribution in [0.4, 0.5) is 0 Å². The number of amides is 1. The molecule has 124 valence electrons. The largest absolute Gasteiger partial charge is 0.481 e. The maximum atomic E-state index is 12.5. The lowest BCUT2D eigenvalue weighted by Crippen LogP contribution is -2.38. The van der Waals surface area contributed by atoms with Crippen molar-refractivity contribution in [2.45, 2.75) is 12.5 Å². The van der Waals surface area contributed by atoms with Crippen LogP contribution in [0, 0.1) is 11.5 Å². The summed E-state index contributed by atoms with van der Waals surface area (Å²) in [4.78, 5) is 19.8. The Kier molecular flexibility index (Phi) is 4.33. The van der Waals surface area contributed by atoms with Gasteiger partial charge in [0.15, 0.2) is 6.19 Å². The van der Waals surface area contributed by atoms with Crippen molar-refractivity contribution in [2.24, 2.45) is 0 Å². The fourth-order valence-corrected chi connectivity index (χ4v) is 2.68. The van der Waals surface area contributed by atoms with Gasteiger partial charge >= 0.3 is 0 Å². The summed E-state index contributed by atoms with van der Waals surface area (Å²) in [6, 6.07) is 5.08. The maximum absolute atomic E-state index is 12.5. The third kappa shape index (κ3) is 3.01. The first-order valence-corrected chi connectivity index (χ1v) is 7.51. The average Bonchev–Trinajstić information content (AvgIpc) is 3.29. The van der Waals surface area contributed by atoms with Gasteiger partial charge in [-0.2, -0.15) is 5.26 Å². The van der Waals surface area contributed by atoms with Crippen molar-refractivity contribution in [1.82, 2.24) is 19.9 Å². The fraction of sp³-hybridized carbons (Fsp3) is 0.375. The molecule has 1 aliphatic rings. The van der Waals surface area contributed by atoms with Gasteiger partial charge in [-0.15, -0.1) is 0 Å².